The second-order valence-corrected chi connectivity index (χ2v) is 4.52. The molecule has 100 valence electrons. The molecule has 1 saturated heterocycles. The first-order valence-electron chi connectivity index (χ1n) is 6.44. The lowest BCUT2D eigenvalue weighted by Gasteiger charge is -2.16. The van der Waals surface area contributed by atoms with Crippen LogP contribution in [0.1, 0.15) is 0 Å². The van der Waals surface area contributed by atoms with E-state index in [1.807, 2.05) is 18.2 Å². The van der Waals surface area contributed by atoms with Crippen molar-refractivity contribution in [1.82, 2.24) is 10.2 Å². The molecule has 1 aliphatic heterocycles. The van der Waals surface area contributed by atoms with Crippen LogP contribution in [0.25, 0.3) is 11.3 Å². The molecular formula is C14H17N3O2. The van der Waals surface area contributed by atoms with Crippen LogP contribution in [-0.2, 0) is 9.47 Å². The molecule has 0 bridgehead atoms. The molecule has 1 aliphatic rings. The van der Waals surface area contributed by atoms with E-state index in [0.29, 0.717) is 26.4 Å². The predicted octanol–water partition coefficient (Wildman–Crippen LogP) is 1.90. The van der Waals surface area contributed by atoms with Crippen LogP contribution in [0.4, 0.5) is 5.69 Å². The maximum atomic E-state index is 5.48. The molecule has 1 aromatic carbocycles. The normalized spacial score (nSPS) is 17.1. The highest BCUT2D eigenvalue weighted by Crippen LogP contribution is 2.25. The van der Waals surface area contributed by atoms with Gasteiger partial charge in [-0.15, -0.1) is 0 Å². The monoisotopic (exact) mass is 259 g/mol. The van der Waals surface area contributed by atoms with Crippen LogP contribution in [0.2, 0.25) is 0 Å². The van der Waals surface area contributed by atoms with Crippen LogP contribution in [0.5, 0.6) is 0 Å². The number of aromatic amines is 1. The second kappa shape index (κ2) is 5.86. The summed E-state index contributed by atoms with van der Waals surface area (Å²) in [4.78, 5) is 0. The topological polar surface area (TPSA) is 59.2 Å². The summed E-state index contributed by atoms with van der Waals surface area (Å²) in [7, 11) is 0. The Balaban J connectivity index is 1.76. The van der Waals surface area contributed by atoms with E-state index in [0.717, 1.165) is 16.9 Å². The molecule has 0 amide bonds. The molecule has 0 aliphatic carbocycles. The lowest BCUT2D eigenvalue weighted by atomic mass is 10.1. The van der Waals surface area contributed by atoms with Gasteiger partial charge in [0.2, 0.25) is 0 Å². The van der Waals surface area contributed by atoms with Gasteiger partial charge in [0.05, 0.1) is 50.0 Å². The molecule has 0 radical (unpaired) electrons. The number of rotatable bonds is 3. The summed E-state index contributed by atoms with van der Waals surface area (Å²) in [6.45, 7) is 2.63. The van der Waals surface area contributed by atoms with Gasteiger partial charge in [-0.1, -0.05) is 30.3 Å². The molecule has 0 saturated carbocycles. The van der Waals surface area contributed by atoms with E-state index >= 15 is 0 Å². The fraction of sp³-hybridized carbons (Fsp3) is 0.357. The Morgan fingerprint density at radius 3 is 2.58 bits per heavy atom. The molecule has 5 nitrogen and oxygen atoms in total. The summed E-state index contributed by atoms with van der Waals surface area (Å²) in [5.41, 5.74) is 3.08. The molecule has 5 heteroatoms. The van der Waals surface area contributed by atoms with Gasteiger partial charge in [0.1, 0.15) is 0 Å². The van der Waals surface area contributed by atoms with E-state index in [1.165, 1.54) is 0 Å². The lowest BCUT2D eigenvalue weighted by molar-refractivity contribution is 0.103. The van der Waals surface area contributed by atoms with Crippen LogP contribution in [-0.4, -0.2) is 42.7 Å². The number of nitrogens with zero attached hydrogens (tertiary/aromatic N) is 1. The Hall–Kier alpha value is -1.85. The van der Waals surface area contributed by atoms with Gasteiger partial charge in [-0.05, 0) is 0 Å². The molecule has 0 spiro atoms. The summed E-state index contributed by atoms with van der Waals surface area (Å²) in [6, 6.07) is 10.3. The molecular weight excluding hydrogens is 242 g/mol. The number of ether oxygens (including phenoxy) is 2. The number of hydrogen-bond donors (Lipinski definition) is 2. The molecule has 19 heavy (non-hydrogen) atoms. The first-order valence-corrected chi connectivity index (χ1v) is 6.44. The van der Waals surface area contributed by atoms with Gasteiger partial charge >= 0.3 is 0 Å². The van der Waals surface area contributed by atoms with Crippen LogP contribution in [0, 0.1) is 0 Å². The molecule has 0 atom stereocenters. The molecule has 2 heterocycles. The number of benzene rings is 1. The van der Waals surface area contributed by atoms with E-state index in [2.05, 4.69) is 27.6 Å². The van der Waals surface area contributed by atoms with Crippen molar-refractivity contribution >= 4 is 5.69 Å². The first-order chi connectivity index (χ1) is 9.43. The van der Waals surface area contributed by atoms with Crippen molar-refractivity contribution in [1.29, 1.82) is 0 Å². The SMILES string of the molecule is c1ccc(-c2[nH]ncc2NC2COCCOC2)cc1. The van der Waals surface area contributed by atoms with Crippen molar-refractivity contribution in [2.75, 3.05) is 31.7 Å². The molecule has 1 aromatic heterocycles. The fourth-order valence-electron chi connectivity index (χ4n) is 2.14. The summed E-state index contributed by atoms with van der Waals surface area (Å²) in [5.74, 6) is 0. The third-order valence-corrected chi connectivity index (χ3v) is 3.07. The highest BCUT2D eigenvalue weighted by Gasteiger charge is 2.15. The maximum Gasteiger partial charge on any atom is 0.0882 e. The van der Waals surface area contributed by atoms with Crippen molar-refractivity contribution in [3.05, 3.63) is 36.5 Å². The van der Waals surface area contributed by atoms with Gasteiger partial charge in [0.25, 0.3) is 0 Å². The van der Waals surface area contributed by atoms with Crippen molar-refractivity contribution in [2.24, 2.45) is 0 Å². The zero-order valence-electron chi connectivity index (χ0n) is 10.6. The molecule has 1 fully saturated rings. The Labute approximate surface area is 111 Å². The van der Waals surface area contributed by atoms with Crippen LogP contribution < -0.4 is 5.32 Å². The van der Waals surface area contributed by atoms with Crippen LogP contribution in [0.3, 0.4) is 0 Å². The zero-order chi connectivity index (χ0) is 12.9. The van der Waals surface area contributed by atoms with E-state index < -0.39 is 0 Å². The average Bonchev–Trinajstić information content (AvgIpc) is 2.75. The van der Waals surface area contributed by atoms with E-state index in [1.54, 1.807) is 6.20 Å². The predicted molar refractivity (Wildman–Crippen MR) is 73.1 cm³/mol. The smallest absolute Gasteiger partial charge is 0.0882 e. The molecule has 2 aromatic rings. The zero-order valence-corrected chi connectivity index (χ0v) is 10.6. The van der Waals surface area contributed by atoms with E-state index in [4.69, 9.17) is 9.47 Å². The van der Waals surface area contributed by atoms with E-state index in [-0.39, 0.29) is 6.04 Å². The minimum atomic E-state index is 0.155. The molecule has 3 rings (SSSR count). The molecule has 0 unspecified atom stereocenters. The quantitative estimate of drug-likeness (QED) is 0.884. The van der Waals surface area contributed by atoms with Gasteiger partial charge in [-0.2, -0.15) is 5.10 Å². The van der Waals surface area contributed by atoms with Gasteiger partial charge in [-0.25, -0.2) is 0 Å². The van der Waals surface area contributed by atoms with Crippen LogP contribution >= 0.6 is 0 Å². The van der Waals surface area contributed by atoms with E-state index in [9.17, 15) is 0 Å². The highest BCUT2D eigenvalue weighted by atomic mass is 16.5. The van der Waals surface area contributed by atoms with Crippen molar-refractivity contribution in [3.63, 3.8) is 0 Å². The lowest BCUT2D eigenvalue weighted by Crippen LogP contribution is -2.28. The Kier molecular flexibility index (Phi) is 3.76. The third-order valence-electron chi connectivity index (χ3n) is 3.07. The first kappa shape index (κ1) is 12.2. The summed E-state index contributed by atoms with van der Waals surface area (Å²) >= 11 is 0. The Morgan fingerprint density at radius 1 is 1.11 bits per heavy atom. The standard InChI is InChI=1S/C14H17N3O2/c1-2-4-11(5-3-1)14-13(8-15-17-14)16-12-9-18-6-7-19-10-12/h1-5,8,12,16H,6-7,9-10H2,(H,15,17). The number of H-pyrrole nitrogens is 1. The summed E-state index contributed by atoms with van der Waals surface area (Å²) < 4.78 is 11.0. The Morgan fingerprint density at radius 2 is 1.84 bits per heavy atom. The number of aromatic nitrogens is 2. The highest BCUT2D eigenvalue weighted by molar-refractivity contribution is 5.73. The number of nitrogens with one attached hydrogen (secondary N) is 2. The van der Waals surface area contributed by atoms with Crippen molar-refractivity contribution in [2.45, 2.75) is 6.04 Å². The van der Waals surface area contributed by atoms with Gasteiger partial charge in [-0.3, -0.25) is 5.10 Å². The summed E-state index contributed by atoms with van der Waals surface area (Å²) in [6.07, 6.45) is 1.80. The molecule has 2 N–H and O–H groups in total. The van der Waals surface area contributed by atoms with Crippen molar-refractivity contribution in [3.8, 4) is 11.3 Å². The minimum Gasteiger partial charge on any atom is -0.377 e. The Bertz CT molecular complexity index is 504. The van der Waals surface area contributed by atoms with Gasteiger partial charge in [0, 0.05) is 5.56 Å². The number of anilines is 1. The number of hydrogen-bond acceptors (Lipinski definition) is 4. The average molecular weight is 259 g/mol. The third kappa shape index (κ3) is 2.94. The fourth-order valence-corrected chi connectivity index (χ4v) is 2.14. The minimum absolute atomic E-state index is 0.155. The van der Waals surface area contributed by atoms with Gasteiger partial charge < -0.3 is 14.8 Å². The summed E-state index contributed by atoms with van der Waals surface area (Å²) in [5, 5.41) is 10.6. The largest absolute Gasteiger partial charge is 0.377 e. The van der Waals surface area contributed by atoms with Crippen molar-refractivity contribution < 1.29 is 9.47 Å². The van der Waals surface area contributed by atoms with Gasteiger partial charge in [0.15, 0.2) is 0 Å². The second-order valence-electron chi connectivity index (χ2n) is 4.52. The van der Waals surface area contributed by atoms with Crippen LogP contribution in [0.15, 0.2) is 36.5 Å². The maximum absolute atomic E-state index is 5.48.